The topological polar surface area (TPSA) is 108 Å². The molecular weight excluding hydrogens is 507 g/mol. The second-order valence-corrected chi connectivity index (χ2v) is 9.94. The lowest BCUT2D eigenvalue weighted by Crippen LogP contribution is -2.39. The summed E-state index contributed by atoms with van der Waals surface area (Å²) in [6.07, 6.45) is 2.23. The van der Waals surface area contributed by atoms with Crippen molar-refractivity contribution in [3.8, 4) is 0 Å². The van der Waals surface area contributed by atoms with Crippen molar-refractivity contribution in [3.05, 3.63) is 63.6 Å². The third-order valence-corrected chi connectivity index (χ3v) is 8.09. The maximum absolute atomic E-state index is 12.2. The van der Waals surface area contributed by atoms with E-state index >= 15 is 0 Å². The molecule has 0 spiro atoms. The number of hydrogen-bond donors (Lipinski definition) is 1. The Morgan fingerprint density at radius 1 is 0.829 bits per heavy atom. The van der Waals surface area contributed by atoms with Gasteiger partial charge in [-0.3, -0.25) is 27.9 Å². The van der Waals surface area contributed by atoms with Gasteiger partial charge in [0.05, 0.1) is 12.1 Å². The van der Waals surface area contributed by atoms with Gasteiger partial charge in [0.25, 0.3) is 11.1 Å². The third-order valence-electron chi connectivity index (χ3n) is 5.75. The van der Waals surface area contributed by atoms with Gasteiger partial charge < -0.3 is 5.11 Å². The van der Waals surface area contributed by atoms with Crippen LogP contribution in [-0.2, 0) is 27.2 Å². The summed E-state index contributed by atoms with van der Waals surface area (Å²) in [5.74, 6) is 0. The average molecular weight is 542 g/mol. The van der Waals surface area contributed by atoms with E-state index in [2.05, 4.69) is 0 Å². The minimum atomic E-state index is -0.321. The van der Waals surface area contributed by atoms with Crippen LogP contribution >= 0.6 is 32.5 Å². The molecule has 4 rings (SSSR count). The molecule has 0 saturated carbocycles. The lowest BCUT2D eigenvalue weighted by atomic mass is 10.2. The Labute approximate surface area is 214 Å². The number of unbranched alkanes of at least 4 members (excludes halogenated alkanes) is 1. The molecular formula is C23H33N4O5PS2. The molecule has 0 fully saturated rings. The van der Waals surface area contributed by atoms with Gasteiger partial charge in [0, 0.05) is 33.8 Å². The summed E-state index contributed by atoms with van der Waals surface area (Å²) in [5, 5.41) is 13.9. The Hall–Kier alpha value is -2.33. The number of rotatable bonds is 6. The summed E-state index contributed by atoms with van der Waals surface area (Å²) in [5.41, 5.74) is 0.917. The molecule has 1 N–H and O–H groups in total. The van der Waals surface area contributed by atoms with Crippen LogP contribution in [0.3, 0.4) is 0 Å². The summed E-state index contributed by atoms with van der Waals surface area (Å²) in [7, 11) is 5.05. The Balaban J connectivity index is 0.000000237. The van der Waals surface area contributed by atoms with Crippen molar-refractivity contribution >= 4 is 53.0 Å². The SMILES string of the molecule is CCCCn1c(=O)c2c(C)csc2n(C)c1=O.Cc1csc2c1c(=O)n(CCCO)c(=O)n2C.[2H]P. The van der Waals surface area contributed by atoms with Gasteiger partial charge in [-0.2, -0.15) is 9.84 Å². The lowest BCUT2D eigenvalue weighted by Gasteiger charge is -2.07. The van der Waals surface area contributed by atoms with Crippen LogP contribution < -0.4 is 22.5 Å². The van der Waals surface area contributed by atoms with Crippen LogP contribution in [-0.4, -0.2) is 31.3 Å². The van der Waals surface area contributed by atoms with Crippen molar-refractivity contribution in [2.45, 2.75) is 53.1 Å². The van der Waals surface area contributed by atoms with Gasteiger partial charge in [-0.1, -0.05) is 13.3 Å². The zero-order chi connectivity index (χ0) is 27.2. The van der Waals surface area contributed by atoms with Gasteiger partial charge in [0.2, 0.25) is 0 Å². The Kier molecular flexibility index (Phi) is 9.40. The highest BCUT2D eigenvalue weighted by atomic mass is 32.1. The molecule has 1 unspecified atom stereocenters. The summed E-state index contributed by atoms with van der Waals surface area (Å²) in [6, 6.07) is 0. The highest BCUT2D eigenvalue weighted by Gasteiger charge is 2.15. The molecule has 0 amide bonds. The van der Waals surface area contributed by atoms with Crippen molar-refractivity contribution in [3.63, 3.8) is 0 Å². The van der Waals surface area contributed by atoms with E-state index < -0.39 is 0 Å². The molecule has 0 radical (unpaired) electrons. The second kappa shape index (κ2) is 12.1. The first-order valence-electron chi connectivity index (χ1n) is 11.7. The van der Waals surface area contributed by atoms with Gasteiger partial charge >= 0.3 is 11.4 Å². The first-order chi connectivity index (χ1) is 17.1. The van der Waals surface area contributed by atoms with E-state index in [1.807, 2.05) is 31.5 Å². The molecule has 0 aliphatic rings. The number of aromatic nitrogens is 4. The molecule has 9 nitrogen and oxygen atoms in total. The van der Waals surface area contributed by atoms with E-state index in [0.29, 0.717) is 28.6 Å². The quantitative estimate of drug-likeness (QED) is 0.377. The van der Waals surface area contributed by atoms with E-state index in [0.717, 1.165) is 28.8 Å². The number of hydrogen-bond acceptors (Lipinski definition) is 7. The first kappa shape index (κ1) is 27.3. The van der Waals surface area contributed by atoms with Gasteiger partial charge in [-0.15, -0.1) is 22.7 Å². The molecule has 192 valence electrons. The smallest absolute Gasteiger partial charge is 0.331 e. The Morgan fingerprint density at radius 2 is 1.23 bits per heavy atom. The fraction of sp³-hybridized carbons (Fsp3) is 0.478. The standard InChI is InChI=1S/C12H16N2O2S.C11H14N2O3S.H3P/c1-4-5-6-14-10(15)9-8(2)7-17-11(9)13(3)12(14)16;1-7-6-17-10-8(7)9(15)13(4-3-5-14)11(16)12(10)2;/h7H,4-6H2,1-3H3;6,14H,3-5H2,1-2H3;1H3/i;;1D. The Bertz CT molecular complexity index is 1460. The van der Waals surface area contributed by atoms with E-state index in [-0.39, 0.29) is 35.6 Å². The zero-order valence-corrected chi connectivity index (χ0v) is 23.4. The van der Waals surface area contributed by atoms with Crippen LogP contribution in [0.1, 0.15) is 37.3 Å². The third kappa shape index (κ3) is 5.43. The molecule has 1 atom stereocenters. The van der Waals surface area contributed by atoms with Crippen molar-refractivity contribution < 1.29 is 5.11 Å². The molecule has 0 bridgehead atoms. The van der Waals surface area contributed by atoms with Gasteiger partial charge in [-0.25, -0.2) is 9.59 Å². The van der Waals surface area contributed by atoms with E-state index in [1.54, 1.807) is 28.5 Å². The second-order valence-electron chi connectivity index (χ2n) is 8.23. The van der Waals surface area contributed by atoms with E-state index in [4.69, 9.17) is 6.39 Å². The fourth-order valence-electron chi connectivity index (χ4n) is 3.79. The van der Waals surface area contributed by atoms with Crippen LogP contribution in [0.5, 0.6) is 0 Å². The van der Waals surface area contributed by atoms with Crippen LogP contribution in [0.25, 0.3) is 20.4 Å². The van der Waals surface area contributed by atoms with E-state index in [1.165, 1.54) is 36.4 Å². The van der Waals surface area contributed by atoms with Gasteiger partial charge in [0.1, 0.15) is 9.66 Å². The number of nitrogens with zero attached hydrogens (tertiary/aromatic N) is 4. The predicted octanol–water partition coefficient (Wildman–Crippen LogP) is 2.38. The molecule has 0 aliphatic heterocycles. The number of thiophene rings is 2. The summed E-state index contributed by atoms with van der Waals surface area (Å²) >= 11 is 2.85. The molecule has 35 heavy (non-hydrogen) atoms. The van der Waals surface area contributed by atoms with Crippen molar-refractivity contribution in [1.29, 1.82) is 1.28 Å². The minimum absolute atomic E-state index is 0.0315. The predicted molar refractivity (Wildman–Crippen MR) is 150 cm³/mol. The number of aliphatic hydroxyl groups is 1. The highest BCUT2D eigenvalue weighted by molar-refractivity contribution is 7.17. The zero-order valence-electron chi connectivity index (χ0n) is 21.7. The molecule has 4 heterocycles. The monoisotopic (exact) mass is 541 g/mol. The van der Waals surface area contributed by atoms with Crippen LogP contribution in [0.15, 0.2) is 29.9 Å². The van der Waals surface area contributed by atoms with Crippen LogP contribution in [0.4, 0.5) is 0 Å². The summed E-state index contributed by atoms with van der Waals surface area (Å²) in [4.78, 5) is 49.9. The molecule has 12 heteroatoms. The van der Waals surface area contributed by atoms with Crippen LogP contribution in [0, 0.1) is 13.8 Å². The largest absolute Gasteiger partial charge is 0.396 e. The molecule has 0 aliphatic carbocycles. The maximum Gasteiger partial charge on any atom is 0.331 e. The first-order valence-corrected chi connectivity index (χ1v) is 12.9. The van der Waals surface area contributed by atoms with Crippen molar-refractivity contribution in [2.75, 3.05) is 6.61 Å². The number of fused-ring (bicyclic) bond motifs is 2. The number of aryl methyl sites for hydroxylation is 4. The lowest BCUT2D eigenvalue weighted by molar-refractivity contribution is 0.277. The fourth-order valence-corrected chi connectivity index (χ4v) is 5.81. The van der Waals surface area contributed by atoms with Gasteiger partial charge in [0.15, 0.2) is 0 Å². The van der Waals surface area contributed by atoms with E-state index in [9.17, 15) is 19.2 Å². The Morgan fingerprint density at radius 3 is 1.60 bits per heavy atom. The van der Waals surface area contributed by atoms with Crippen molar-refractivity contribution in [2.24, 2.45) is 14.1 Å². The molecule has 4 aromatic heterocycles. The summed E-state index contributed by atoms with van der Waals surface area (Å²) in [6.45, 7) is 6.55. The highest BCUT2D eigenvalue weighted by Crippen LogP contribution is 2.21. The summed E-state index contributed by atoms with van der Waals surface area (Å²) < 4.78 is 11.3. The molecule has 4 aromatic rings. The average Bonchev–Trinajstić information content (AvgIpc) is 3.46. The molecule has 0 aromatic carbocycles. The maximum atomic E-state index is 12.2. The number of aliphatic hydroxyl groups excluding tert-OH is 1. The van der Waals surface area contributed by atoms with Crippen molar-refractivity contribution in [1.82, 2.24) is 18.3 Å². The van der Waals surface area contributed by atoms with Gasteiger partial charge in [-0.05, 0) is 48.6 Å². The van der Waals surface area contributed by atoms with Crippen LogP contribution in [0.2, 0.25) is 0 Å². The normalized spacial score (nSPS) is 11.1. The molecule has 0 saturated heterocycles. The minimum Gasteiger partial charge on any atom is -0.396 e.